The van der Waals surface area contributed by atoms with Crippen molar-refractivity contribution in [1.82, 2.24) is 4.90 Å². The molecule has 0 aromatic rings. The van der Waals surface area contributed by atoms with Gasteiger partial charge in [-0.1, -0.05) is 0 Å². The van der Waals surface area contributed by atoms with Gasteiger partial charge in [-0.25, -0.2) is 0 Å². The van der Waals surface area contributed by atoms with Gasteiger partial charge in [-0.15, -0.1) is 0 Å². The van der Waals surface area contributed by atoms with Crippen molar-refractivity contribution in [3.63, 3.8) is 0 Å². The lowest BCUT2D eigenvalue weighted by atomic mass is 10.2. The minimum absolute atomic E-state index is 0.00926. The Hall–Kier alpha value is -0.0800. The molecule has 52 valence electrons. The topological polar surface area (TPSA) is 23.5 Å². The lowest BCUT2D eigenvalue weighted by molar-refractivity contribution is 0.178. The molecular weight excluding hydrogens is 114 g/mol. The van der Waals surface area contributed by atoms with Crippen LogP contribution in [0, 0.1) is 0 Å². The molecule has 9 heavy (non-hydrogen) atoms. The lowest BCUT2D eigenvalue weighted by Crippen LogP contribution is -2.30. The summed E-state index contributed by atoms with van der Waals surface area (Å²) in [7, 11) is 2.11. The number of hydrogen-bond donors (Lipinski definition) is 1. The fourth-order valence-electron chi connectivity index (χ4n) is 1.99. The second kappa shape index (κ2) is 1.50. The zero-order valence-electron chi connectivity index (χ0n) is 5.80. The van der Waals surface area contributed by atoms with Gasteiger partial charge in [-0.05, 0) is 32.9 Å². The minimum atomic E-state index is -0.00926. The maximum Gasteiger partial charge on any atom is 0.0743 e. The molecule has 0 amide bonds. The van der Waals surface area contributed by atoms with Gasteiger partial charge >= 0.3 is 0 Å². The molecule has 1 saturated carbocycles. The summed E-state index contributed by atoms with van der Waals surface area (Å²) < 4.78 is 0. The van der Waals surface area contributed by atoms with E-state index in [4.69, 9.17) is 0 Å². The van der Waals surface area contributed by atoms with Crippen LogP contribution in [0.4, 0.5) is 0 Å². The van der Waals surface area contributed by atoms with Crippen LogP contribution in [0.2, 0.25) is 0 Å². The van der Waals surface area contributed by atoms with Crippen LogP contribution in [0.3, 0.4) is 0 Å². The van der Waals surface area contributed by atoms with Crippen LogP contribution in [0.5, 0.6) is 0 Å². The highest BCUT2D eigenvalue weighted by Gasteiger charge is 2.58. The molecule has 1 spiro atoms. The Morgan fingerprint density at radius 2 is 2.33 bits per heavy atom. The van der Waals surface area contributed by atoms with Gasteiger partial charge < -0.3 is 5.11 Å². The van der Waals surface area contributed by atoms with E-state index in [-0.39, 0.29) is 11.6 Å². The summed E-state index contributed by atoms with van der Waals surface area (Å²) in [6, 6.07) is 0. The number of nitrogens with zero attached hydrogens (tertiary/aromatic N) is 1. The highest BCUT2D eigenvalue weighted by atomic mass is 16.3. The Bertz CT molecular complexity index is 137. The van der Waals surface area contributed by atoms with Crippen LogP contribution in [0.15, 0.2) is 0 Å². The van der Waals surface area contributed by atoms with Gasteiger partial charge in [-0.2, -0.15) is 0 Å². The molecule has 1 aliphatic carbocycles. The SMILES string of the molecule is CN1CCCC12C[C@H]2O. The van der Waals surface area contributed by atoms with Crippen molar-refractivity contribution in [1.29, 1.82) is 0 Å². The molecule has 0 aromatic carbocycles. The number of hydrogen-bond acceptors (Lipinski definition) is 2. The van der Waals surface area contributed by atoms with Crippen LogP contribution in [0.25, 0.3) is 0 Å². The zero-order chi connectivity index (χ0) is 6.48. The summed E-state index contributed by atoms with van der Waals surface area (Å²) in [6.45, 7) is 1.18. The molecule has 1 N–H and O–H groups in total. The van der Waals surface area contributed by atoms with Crippen molar-refractivity contribution >= 4 is 0 Å². The Kier molecular flexibility index (Phi) is 0.945. The third kappa shape index (κ3) is 0.578. The molecule has 1 heterocycles. The first-order valence-electron chi connectivity index (χ1n) is 3.65. The molecule has 2 heteroatoms. The van der Waals surface area contributed by atoms with Gasteiger partial charge in [0.05, 0.1) is 6.10 Å². The van der Waals surface area contributed by atoms with Crippen molar-refractivity contribution < 1.29 is 5.11 Å². The number of rotatable bonds is 0. The quantitative estimate of drug-likeness (QED) is 0.503. The van der Waals surface area contributed by atoms with E-state index in [0.29, 0.717) is 0 Å². The Balaban J connectivity index is 2.12. The summed E-state index contributed by atoms with van der Waals surface area (Å²) in [6.07, 6.45) is 3.49. The molecule has 2 fully saturated rings. The van der Waals surface area contributed by atoms with Gasteiger partial charge in [-0.3, -0.25) is 4.90 Å². The second-order valence-electron chi connectivity index (χ2n) is 3.35. The molecule has 1 aliphatic heterocycles. The van der Waals surface area contributed by atoms with E-state index in [0.717, 1.165) is 6.42 Å². The van der Waals surface area contributed by atoms with Gasteiger partial charge in [0.25, 0.3) is 0 Å². The highest BCUT2D eigenvalue weighted by Crippen LogP contribution is 2.48. The largest absolute Gasteiger partial charge is 0.391 e. The molecular formula is C7H13NO. The Morgan fingerprint density at radius 3 is 2.56 bits per heavy atom. The van der Waals surface area contributed by atoms with Crippen LogP contribution in [0.1, 0.15) is 19.3 Å². The molecule has 0 bridgehead atoms. The standard InChI is InChI=1S/C7H13NO/c1-8-4-2-3-7(8)5-6(7)9/h6,9H,2-5H2,1H3/t6-,7?/m1/s1. The first kappa shape index (κ1) is 5.69. The van der Waals surface area contributed by atoms with E-state index < -0.39 is 0 Å². The molecule has 2 aliphatic rings. The van der Waals surface area contributed by atoms with Crippen LogP contribution in [-0.2, 0) is 0 Å². The summed E-state index contributed by atoms with van der Waals surface area (Å²) in [4.78, 5) is 2.30. The molecule has 0 radical (unpaired) electrons. The van der Waals surface area contributed by atoms with Crippen molar-refractivity contribution in [3.05, 3.63) is 0 Å². The molecule has 2 rings (SSSR count). The number of aliphatic hydroxyl groups excluding tert-OH is 1. The van der Waals surface area contributed by atoms with Gasteiger partial charge in [0.1, 0.15) is 0 Å². The van der Waals surface area contributed by atoms with Crippen LogP contribution >= 0.6 is 0 Å². The predicted molar refractivity (Wildman–Crippen MR) is 35.2 cm³/mol. The van der Waals surface area contributed by atoms with Crippen LogP contribution < -0.4 is 0 Å². The van der Waals surface area contributed by atoms with Crippen LogP contribution in [-0.4, -0.2) is 35.2 Å². The van der Waals surface area contributed by atoms with E-state index in [2.05, 4.69) is 11.9 Å². The molecule has 0 aromatic heterocycles. The third-order valence-electron chi connectivity index (χ3n) is 2.87. The minimum Gasteiger partial charge on any atom is -0.391 e. The number of likely N-dealkylation sites (tertiary alicyclic amines) is 1. The second-order valence-corrected chi connectivity index (χ2v) is 3.35. The van der Waals surface area contributed by atoms with Crippen molar-refractivity contribution in [2.24, 2.45) is 0 Å². The van der Waals surface area contributed by atoms with Gasteiger partial charge in [0.15, 0.2) is 0 Å². The monoisotopic (exact) mass is 127 g/mol. The molecule has 2 nitrogen and oxygen atoms in total. The normalized spacial score (nSPS) is 50.7. The van der Waals surface area contributed by atoms with E-state index in [9.17, 15) is 5.11 Å². The first-order valence-corrected chi connectivity index (χ1v) is 3.65. The molecule has 2 atom stereocenters. The molecule has 1 unspecified atom stereocenters. The smallest absolute Gasteiger partial charge is 0.0743 e. The fraction of sp³-hybridized carbons (Fsp3) is 1.00. The van der Waals surface area contributed by atoms with Gasteiger partial charge in [0.2, 0.25) is 0 Å². The lowest BCUT2D eigenvalue weighted by Gasteiger charge is -2.17. The van der Waals surface area contributed by atoms with E-state index in [1.165, 1.54) is 19.4 Å². The number of aliphatic hydroxyl groups is 1. The summed E-state index contributed by atoms with van der Waals surface area (Å²) >= 11 is 0. The number of likely N-dealkylation sites (N-methyl/N-ethyl adjacent to an activating group) is 1. The fourth-order valence-corrected chi connectivity index (χ4v) is 1.99. The van der Waals surface area contributed by atoms with E-state index in [1.54, 1.807) is 0 Å². The summed E-state index contributed by atoms with van der Waals surface area (Å²) in [5.74, 6) is 0. The predicted octanol–water partition coefficient (Wildman–Crippen LogP) is 0.215. The third-order valence-corrected chi connectivity index (χ3v) is 2.87. The van der Waals surface area contributed by atoms with Crippen molar-refractivity contribution in [2.75, 3.05) is 13.6 Å². The average molecular weight is 127 g/mol. The Morgan fingerprint density at radius 1 is 1.67 bits per heavy atom. The zero-order valence-corrected chi connectivity index (χ0v) is 5.80. The highest BCUT2D eigenvalue weighted by molar-refractivity contribution is 5.14. The maximum absolute atomic E-state index is 9.25. The van der Waals surface area contributed by atoms with Crippen molar-refractivity contribution in [2.45, 2.75) is 30.9 Å². The maximum atomic E-state index is 9.25. The summed E-state index contributed by atoms with van der Waals surface area (Å²) in [5, 5.41) is 9.25. The summed E-state index contributed by atoms with van der Waals surface area (Å²) in [5.41, 5.74) is 0.250. The van der Waals surface area contributed by atoms with Gasteiger partial charge in [0, 0.05) is 5.54 Å². The molecule has 1 saturated heterocycles. The van der Waals surface area contributed by atoms with E-state index >= 15 is 0 Å². The first-order chi connectivity index (χ1) is 4.26. The van der Waals surface area contributed by atoms with Crippen molar-refractivity contribution in [3.8, 4) is 0 Å². The Labute approximate surface area is 55.5 Å². The van der Waals surface area contributed by atoms with E-state index in [1.807, 2.05) is 0 Å². The average Bonchev–Trinajstić information content (AvgIpc) is 2.29.